The van der Waals surface area contributed by atoms with Gasteiger partial charge in [0.15, 0.2) is 9.84 Å². The van der Waals surface area contributed by atoms with Gasteiger partial charge in [0.05, 0.1) is 17.1 Å². The molecule has 0 spiro atoms. The van der Waals surface area contributed by atoms with E-state index in [0.29, 0.717) is 31.0 Å². The summed E-state index contributed by atoms with van der Waals surface area (Å²) in [6.45, 7) is 6.34. The average Bonchev–Trinajstić information content (AvgIpc) is 3.00. The van der Waals surface area contributed by atoms with Crippen LogP contribution in [0.1, 0.15) is 23.7 Å². The van der Waals surface area contributed by atoms with E-state index in [2.05, 4.69) is 21.8 Å². The molecule has 2 aliphatic rings. The number of amides is 1. The number of carbonyl (C=O) groups is 1. The fourth-order valence-electron chi connectivity index (χ4n) is 3.31. The van der Waals surface area contributed by atoms with E-state index in [1.165, 1.54) is 12.4 Å². The van der Waals surface area contributed by atoms with Gasteiger partial charge in [0.25, 0.3) is 5.91 Å². The van der Waals surface area contributed by atoms with Crippen molar-refractivity contribution in [3.05, 3.63) is 18.0 Å². The third kappa shape index (κ3) is 4.09. The summed E-state index contributed by atoms with van der Waals surface area (Å²) in [6.07, 6.45) is 3.66. The van der Waals surface area contributed by atoms with E-state index in [0.717, 1.165) is 19.6 Å². The van der Waals surface area contributed by atoms with Crippen LogP contribution in [0, 0.1) is 0 Å². The number of sulfone groups is 1. The maximum Gasteiger partial charge on any atom is 0.257 e. The average molecular weight is 367 g/mol. The molecule has 0 N–H and O–H groups in total. The molecule has 0 radical (unpaired) electrons. The van der Waals surface area contributed by atoms with Gasteiger partial charge in [-0.05, 0) is 13.0 Å². The minimum atomic E-state index is -2.95. The Morgan fingerprint density at radius 2 is 1.88 bits per heavy atom. The van der Waals surface area contributed by atoms with Crippen LogP contribution in [0.3, 0.4) is 0 Å². The summed E-state index contributed by atoms with van der Waals surface area (Å²) in [6, 6.07) is -0.103. The predicted octanol–water partition coefficient (Wildman–Crippen LogP) is -0.122. The van der Waals surface area contributed by atoms with Crippen LogP contribution in [-0.4, -0.2) is 91.4 Å². The first kappa shape index (κ1) is 18.1. The van der Waals surface area contributed by atoms with Gasteiger partial charge in [-0.25, -0.2) is 18.4 Å². The van der Waals surface area contributed by atoms with Crippen molar-refractivity contribution in [1.82, 2.24) is 19.8 Å². The second-order valence-corrected chi connectivity index (χ2v) is 8.89. The van der Waals surface area contributed by atoms with Crippen LogP contribution in [-0.2, 0) is 9.84 Å². The second kappa shape index (κ2) is 7.25. The van der Waals surface area contributed by atoms with Crippen molar-refractivity contribution < 1.29 is 13.2 Å². The summed E-state index contributed by atoms with van der Waals surface area (Å²) in [7, 11) is -1.16. The number of rotatable bonds is 4. The zero-order chi connectivity index (χ0) is 18.0. The lowest BCUT2D eigenvalue weighted by Gasteiger charge is -2.34. The van der Waals surface area contributed by atoms with Crippen molar-refractivity contribution >= 4 is 21.7 Å². The highest BCUT2D eigenvalue weighted by atomic mass is 32.2. The van der Waals surface area contributed by atoms with Crippen LogP contribution in [0.15, 0.2) is 12.4 Å². The van der Waals surface area contributed by atoms with Crippen LogP contribution >= 0.6 is 0 Å². The first-order valence-electron chi connectivity index (χ1n) is 8.66. The van der Waals surface area contributed by atoms with Crippen molar-refractivity contribution in [2.45, 2.75) is 19.4 Å². The molecule has 0 saturated carbocycles. The molecule has 2 aliphatic heterocycles. The molecular formula is C16H25N5O3S. The molecule has 138 valence electrons. The lowest BCUT2D eigenvalue weighted by Crippen LogP contribution is -2.48. The largest absolute Gasteiger partial charge is 0.340 e. The lowest BCUT2D eigenvalue weighted by atomic mass is 10.2. The minimum Gasteiger partial charge on any atom is -0.340 e. The van der Waals surface area contributed by atoms with Crippen LogP contribution < -0.4 is 4.90 Å². The molecule has 25 heavy (non-hydrogen) atoms. The van der Waals surface area contributed by atoms with Crippen LogP contribution in [0.4, 0.5) is 5.95 Å². The van der Waals surface area contributed by atoms with E-state index in [-0.39, 0.29) is 23.5 Å². The van der Waals surface area contributed by atoms with Crippen LogP contribution in [0.25, 0.3) is 0 Å². The third-order valence-corrected chi connectivity index (χ3v) is 6.81. The number of hydrogen-bond acceptors (Lipinski definition) is 7. The molecule has 9 heteroatoms. The molecular weight excluding hydrogens is 342 g/mol. The molecule has 1 unspecified atom stereocenters. The maximum atomic E-state index is 12.6. The van der Waals surface area contributed by atoms with Gasteiger partial charge in [-0.2, -0.15) is 0 Å². The van der Waals surface area contributed by atoms with Gasteiger partial charge in [-0.3, -0.25) is 4.79 Å². The SMILES string of the molecule is CCN1CCN(C(=O)c2cnc(N(C)C3CCS(=O)(=O)C3)nc2)CC1. The number of carbonyl (C=O) groups excluding carboxylic acids is 1. The van der Waals surface area contributed by atoms with E-state index in [1.807, 2.05) is 4.90 Å². The Morgan fingerprint density at radius 1 is 1.24 bits per heavy atom. The molecule has 0 aromatic carbocycles. The summed E-state index contributed by atoms with van der Waals surface area (Å²) < 4.78 is 23.2. The Balaban J connectivity index is 1.63. The topological polar surface area (TPSA) is 86.7 Å². The van der Waals surface area contributed by atoms with Gasteiger partial charge in [0.2, 0.25) is 5.95 Å². The van der Waals surface area contributed by atoms with Crippen molar-refractivity contribution in [1.29, 1.82) is 0 Å². The number of anilines is 1. The highest BCUT2D eigenvalue weighted by Gasteiger charge is 2.32. The van der Waals surface area contributed by atoms with E-state index < -0.39 is 9.84 Å². The summed E-state index contributed by atoms with van der Waals surface area (Å²) in [4.78, 5) is 27.0. The van der Waals surface area contributed by atoms with E-state index >= 15 is 0 Å². The monoisotopic (exact) mass is 367 g/mol. The standard InChI is InChI=1S/C16H25N5O3S/c1-3-20-5-7-21(8-6-20)15(22)13-10-17-16(18-11-13)19(2)14-4-9-25(23,24)12-14/h10-11,14H,3-9,12H2,1-2H3. The van der Waals surface area contributed by atoms with Crippen molar-refractivity contribution in [2.75, 3.05) is 56.2 Å². The normalized spacial score (nSPS) is 23.6. The van der Waals surface area contributed by atoms with Gasteiger partial charge in [-0.15, -0.1) is 0 Å². The molecule has 3 rings (SSSR count). The first-order valence-corrected chi connectivity index (χ1v) is 10.5. The van der Waals surface area contributed by atoms with Gasteiger partial charge in [0, 0.05) is 51.7 Å². The Bertz CT molecular complexity index is 714. The highest BCUT2D eigenvalue weighted by Crippen LogP contribution is 2.20. The van der Waals surface area contributed by atoms with Gasteiger partial charge in [-0.1, -0.05) is 6.92 Å². The molecule has 0 aliphatic carbocycles. The lowest BCUT2D eigenvalue weighted by molar-refractivity contribution is 0.0642. The predicted molar refractivity (Wildman–Crippen MR) is 95.5 cm³/mol. The number of hydrogen-bond donors (Lipinski definition) is 0. The van der Waals surface area contributed by atoms with Crippen molar-refractivity contribution in [2.24, 2.45) is 0 Å². The molecule has 1 atom stereocenters. The van der Waals surface area contributed by atoms with Gasteiger partial charge in [0.1, 0.15) is 0 Å². The number of nitrogens with zero attached hydrogens (tertiary/aromatic N) is 5. The fourth-order valence-corrected chi connectivity index (χ4v) is 5.08. The molecule has 1 amide bonds. The molecule has 2 saturated heterocycles. The van der Waals surface area contributed by atoms with Crippen LogP contribution in [0.2, 0.25) is 0 Å². The van der Waals surface area contributed by atoms with E-state index in [9.17, 15) is 13.2 Å². The molecule has 1 aromatic rings. The third-order valence-electron chi connectivity index (χ3n) is 5.06. The Morgan fingerprint density at radius 3 is 2.40 bits per heavy atom. The maximum absolute atomic E-state index is 12.6. The molecule has 1 aromatic heterocycles. The van der Waals surface area contributed by atoms with Crippen molar-refractivity contribution in [3.63, 3.8) is 0 Å². The second-order valence-electron chi connectivity index (χ2n) is 6.67. The number of piperazine rings is 1. The Labute approximate surface area is 148 Å². The zero-order valence-electron chi connectivity index (χ0n) is 14.8. The summed E-state index contributed by atoms with van der Waals surface area (Å²) in [5.74, 6) is 0.750. The fraction of sp³-hybridized carbons (Fsp3) is 0.688. The van der Waals surface area contributed by atoms with Crippen molar-refractivity contribution in [3.8, 4) is 0 Å². The highest BCUT2D eigenvalue weighted by molar-refractivity contribution is 7.91. The smallest absolute Gasteiger partial charge is 0.257 e. The zero-order valence-corrected chi connectivity index (χ0v) is 15.6. The number of aromatic nitrogens is 2. The minimum absolute atomic E-state index is 0.0478. The Kier molecular flexibility index (Phi) is 5.24. The van der Waals surface area contributed by atoms with Gasteiger partial charge < -0.3 is 14.7 Å². The van der Waals surface area contributed by atoms with Gasteiger partial charge >= 0.3 is 0 Å². The molecule has 2 fully saturated rings. The quantitative estimate of drug-likeness (QED) is 0.733. The van der Waals surface area contributed by atoms with E-state index in [1.54, 1.807) is 11.9 Å². The van der Waals surface area contributed by atoms with Crippen LogP contribution in [0.5, 0.6) is 0 Å². The van der Waals surface area contributed by atoms with E-state index in [4.69, 9.17) is 0 Å². The number of likely N-dealkylation sites (N-methyl/N-ethyl adjacent to an activating group) is 1. The Hall–Kier alpha value is -1.74. The molecule has 0 bridgehead atoms. The summed E-state index contributed by atoms with van der Waals surface area (Å²) >= 11 is 0. The molecule has 8 nitrogen and oxygen atoms in total. The molecule has 3 heterocycles. The summed E-state index contributed by atoms with van der Waals surface area (Å²) in [5, 5.41) is 0. The summed E-state index contributed by atoms with van der Waals surface area (Å²) in [5.41, 5.74) is 0.473. The first-order chi connectivity index (χ1) is 11.9.